The first kappa shape index (κ1) is 19.9. The highest BCUT2D eigenvalue weighted by atomic mass is 127. The third-order valence-electron chi connectivity index (χ3n) is 4.50. The maximum absolute atomic E-state index is 9.22. The fourth-order valence-corrected chi connectivity index (χ4v) is 3.58. The van der Waals surface area contributed by atoms with Crippen LogP contribution in [0.15, 0.2) is 60.9 Å². The van der Waals surface area contributed by atoms with Crippen LogP contribution in [-0.2, 0) is 6.61 Å². The number of aromatic nitrogens is 3. The topological polar surface area (TPSA) is 63.7 Å². The van der Waals surface area contributed by atoms with Gasteiger partial charge in [0.1, 0.15) is 6.61 Å². The first-order chi connectivity index (χ1) is 14.7. The number of rotatable bonds is 4. The largest absolute Gasteiger partial charge is 0.472 e. The molecular formula is C24H17IN4O. The average Bonchev–Trinajstić information content (AvgIpc) is 3.19. The second kappa shape index (κ2) is 8.98. The molecule has 2 aromatic heterocycles. The van der Waals surface area contributed by atoms with Crippen LogP contribution in [0.4, 0.5) is 0 Å². The zero-order valence-electron chi connectivity index (χ0n) is 16.3. The van der Waals surface area contributed by atoms with Crippen molar-refractivity contribution in [1.29, 1.82) is 5.26 Å². The lowest BCUT2D eigenvalue weighted by Gasteiger charge is -2.10. The smallest absolute Gasteiger partial charge is 0.227 e. The number of pyridine rings is 1. The second-order valence-corrected chi connectivity index (χ2v) is 7.68. The third kappa shape index (κ3) is 4.14. The predicted octanol–water partition coefficient (Wildman–Crippen LogP) is 5.24. The van der Waals surface area contributed by atoms with Crippen LogP contribution in [-0.4, -0.2) is 14.8 Å². The zero-order valence-corrected chi connectivity index (χ0v) is 18.4. The summed E-state index contributed by atoms with van der Waals surface area (Å²) in [6.07, 6.45) is 4.31. The van der Waals surface area contributed by atoms with Crippen molar-refractivity contribution in [2.45, 2.75) is 20.0 Å². The molecule has 30 heavy (non-hydrogen) atoms. The summed E-state index contributed by atoms with van der Waals surface area (Å²) in [5.74, 6) is 6.99. The fourth-order valence-electron chi connectivity index (χ4n) is 3.07. The van der Waals surface area contributed by atoms with Crippen molar-refractivity contribution < 1.29 is 4.74 Å². The highest BCUT2D eigenvalue weighted by Crippen LogP contribution is 2.25. The quantitative estimate of drug-likeness (QED) is 0.282. The van der Waals surface area contributed by atoms with Crippen LogP contribution >= 0.6 is 22.6 Å². The van der Waals surface area contributed by atoms with E-state index in [1.54, 1.807) is 12.3 Å². The molecule has 0 fully saturated rings. The minimum absolute atomic E-state index is 0.347. The summed E-state index contributed by atoms with van der Waals surface area (Å²) in [7, 11) is 0. The van der Waals surface area contributed by atoms with Gasteiger partial charge in [0.25, 0.3) is 0 Å². The first-order valence-corrected chi connectivity index (χ1v) is 10.5. The van der Waals surface area contributed by atoms with Gasteiger partial charge in [-0.05, 0) is 65.1 Å². The molecule has 0 spiro atoms. The van der Waals surface area contributed by atoms with Crippen molar-refractivity contribution >= 4 is 33.5 Å². The number of nitriles is 1. The molecule has 5 nitrogen and oxygen atoms in total. The maximum atomic E-state index is 9.22. The van der Waals surface area contributed by atoms with Crippen LogP contribution in [0.2, 0.25) is 0 Å². The van der Waals surface area contributed by atoms with E-state index in [4.69, 9.17) is 4.74 Å². The highest BCUT2D eigenvalue weighted by Gasteiger charge is 2.12. The van der Waals surface area contributed by atoms with Crippen molar-refractivity contribution in [2.24, 2.45) is 0 Å². The van der Waals surface area contributed by atoms with Crippen LogP contribution in [0.5, 0.6) is 5.88 Å². The molecule has 0 amide bonds. The highest BCUT2D eigenvalue weighted by molar-refractivity contribution is 14.1. The van der Waals surface area contributed by atoms with Gasteiger partial charge >= 0.3 is 0 Å². The van der Waals surface area contributed by atoms with E-state index in [2.05, 4.69) is 56.6 Å². The van der Waals surface area contributed by atoms with Crippen molar-refractivity contribution in [2.75, 3.05) is 0 Å². The number of hydrogen-bond acceptors (Lipinski definition) is 4. The molecule has 146 valence electrons. The van der Waals surface area contributed by atoms with E-state index in [0.717, 1.165) is 37.7 Å². The Morgan fingerprint density at radius 1 is 1.17 bits per heavy atom. The molecule has 0 bridgehead atoms. The Balaban J connectivity index is 1.78. The molecule has 0 aliphatic heterocycles. The van der Waals surface area contributed by atoms with E-state index < -0.39 is 0 Å². The van der Waals surface area contributed by atoms with E-state index in [-0.39, 0.29) is 0 Å². The van der Waals surface area contributed by atoms with Crippen LogP contribution in [0.3, 0.4) is 0 Å². The lowest BCUT2D eigenvalue weighted by Crippen LogP contribution is -2.02. The van der Waals surface area contributed by atoms with Gasteiger partial charge in [0, 0.05) is 29.1 Å². The normalized spacial score (nSPS) is 10.3. The molecule has 4 rings (SSSR count). The van der Waals surface area contributed by atoms with Gasteiger partial charge < -0.3 is 4.74 Å². The van der Waals surface area contributed by atoms with Crippen molar-refractivity contribution in [3.8, 4) is 29.5 Å². The number of nitrogens with zero attached hydrogens (tertiary/aromatic N) is 4. The van der Waals surface area contributed by atoms with Gasteiger partial charge in [-0.15, -0.1) is 0 Å². The van der Waals surface area contributed by atoms with Gasteiger partial charge in [-0.2, -0.15) is 10.4 Å². The Kier molecular flexibility index (Phi) is 5.97. The summed E-state index contributed by atoms with van der Waals surface area (Å²) in [6.45, 7) is 2.37. The summed E-state index contributed by atoms with van der Waals surface area (Å²) in [6, 6.07) is 17.5. The molecule has 4 aromatic rings. The van der Waals surface area contributed by atoms with Crippen LogP contribution in [0.1, 0.15) is 30.0 Å². The Bertz CT molecular complexity index is 1320. The first-order valence-electron chi connectivity index (χ1n) is 9.43. The minimum Gasteiger partial charge on any atom is -0.472 e. The number of halogens is 1. The lowest BCUT2D eigenvalue weighted by atomic mass is 10.1. The fraction of sp³-hybridized carbons (Fsp3) is 0.125. The second-order valence-electron chi connectivity index (χ2n) is 6.52. The van der Waals surface area contributed by atoms with E-state index in [0.29, 0.717) is 18.1 Å². The van der Waals surface area contributed by atoms with Crippen molar-refractivity contribution in [1.82, 2.24) is 14.8 Å². The van der Waals surface area contributed by atoms with Gasteiger partial charge in [0.2, 0.25) is 5.88 Å². The standard InChI is InChI=1S/C24H17IN4O/c1-2-3-7-18-12-19-15-28-29(21-8-4-6-17(11-21)14-26)23(19)13-20(18)16-30-24-22(25)9-5-10-27-24/h4-6,8-13,15H,2,16H2,1H3. The van der Waals surface area contributed by atoms with Gasteiger partial charge in [0.05, 0.1) is 32.6 Å². The van der Waals surface area contributed by atoms with Gasteiger partial charge in [0.15, 0.2) is 0 Å². The molecule has 0 aliphatic rings. The summed E-state index contributed by atoms with van der Waals surface area (Å²) < 4.78 is 8.78. The number of ether oxygens (including phenoxy) is 1. The molecule has 0 atom stereocenters. The molecule has 6 heteroatoms. The Labute approximate surface area is 188 Å². The Morgan fingerprint density at radius 2 is 2.07 bits per heavy atom. The van der Waals surface area contributed by atoms with Crippen molar-refractivity contribution in [3.63, 3.8) is 0 Å². The summed E-state index contributed by atoms with van der Waals surface area (Å²) >= 11 is 2.21. The zero-order chi connectivity index (χ0) is 20.9. The summed E-state index contributed by atoms with van der Waals surface area (Å²) in [5.41, 5.74) is 4.24. The van der Waals surface area contributed by atoms with Gasteiger partial charge in [-0.1, -0.05) is 24.8 Å². The van der Waals surface area contributed by atoms with E-state index >= 15 is 0 Å². The third-order valence-corrected chi connectivity index (χ3v) is 5.32. The number of benzene rings is 2. The number of hydrogen-bond donors (Lipinski definition) is 0. The molecule has 0 N–H and O–H groups in total. The van der Waals surface area contributed by atoms with Gasteiger partial charge in [-0.3, -0.25) is 0 Å². The molecule has 0 unspecified atom stereocenters. The monoisotopic (exact) mass is 504 g/mol. The predicted molar refractivity (Wildman–Crippen MR) is 124 cm³/mol. The molecule has 0 saturated carbocycles. The summed E-state index contributed by atoms with van der Waals surface area (Å²) in [5, 5.41) is 14.7. The maximum Gasteiger partial charge on any atom is 0.227 e. The minimum atomic E-state index is 0.347. The molecule has 0 aliphatic carbocycles. The summed E-state index contributed by atoms with van der Waals surface area (Å²) in [4.78, 5) is 4.31. The Morgan fingerprint density at radius 3 is 2.87 bits per heavy atom. The van der Waals surface area contributed by atoms with E-state index in [9.17, 15) is 5.26 Å². The van der Waals surface area contributed by atoms with Crippen LogP contribution < -0.4 is 4.74 Å². The molecule has 0 saturated heterocycles. The SMILES string of the molecule is CCC#Cc1cc2cnn(-c3cccc(C#N)c3)c2cc1COc1ncccc1I. The molecule has 0 radical (unpaired) electrons. The average molecular weight is 504 g/mol. The van der Waals surface area contributed by atoms with Crippen LogP contribution in [0.25, 0.3) is 16.6 Å². The van der Waals surface area contributed by atoms with Crippen LogP contribution in [0, 0.1) is 26.7 Å². The number of fused-ring (bicyclic) bond motifs is 1. The van der Waals surface area contributed by atoms with Crippen molar-refractivity contribution in [3.05, 3.63) is 81.2 Å². The molecule has 2 heterocycles. The van der Waals surface area contributed by atoms with E-state index in [1.165, 1.54) is 0 Å². The molecule has 2 aromatic carbocycles. The molecular weight excluding hydrogens is 487 g/mol. The Hall–Kier alpha value is -3.36. The van der Waals surface area contributed by atoms with E-state index in [1.807, 2.05) is 54.2 Å². The van der Waals surface area contributed by atoms with Gasteiger partial charge in [-0.25, -0.2) is 9.67 Å². The lowest BCUT2D eigenvalue weighted by molar-refractivity contribution is 0.291.